The molecule has 0 aliphatic carbocycles. The number of ether oxygens (including phenoxy) is 1. The van der Waals surface area contributed by atoms with Crippen LogP contribution in [0.25, 0.3) is 0 Å². The average Bonchev–Trinajstić information content (AvgIpc) is 2.70. The van der Waals surface area contributed by atoms with Crippen LogP contribution in [0.2, 0.25) is 0 Å². The van der Waals surface area contributed by atoms with Gasteiger partial charge in [0.15, 0.2) is 0 Å². The number of rotatable bonds is 7. The number of aliphatic hydroxyl groups excluding tert-OH is 1. The maximum absolute atomic E-state index is 12.8. The van der Waals surface area contributed by atoms with E-state index in [1.807, 2.05) is 59.5 Å². The molecule has 0 radical (unpaired) electrons. The van der Waals surface area contributed by atoms with Crippen molar-refractivity contribution >= 4 is 5.91 Å². The summed E-state index contributed by atoms with van der Waals surface area (Å²) in [6.07, 6.45) is 1.03. The minimum Gasteiger partial charge on any atom is -0.489 e. The van der Waals surface area contributed by atoms with E-state index in [1.54, 1.807) is 0 Å². The zero-order valence-corrected chi connectivity index (χ0v) is 15.9. The molecule has 0 bridgehead atoms. The number of piperazine rings is 1. The van der Waals surface area contributed by atoms with Crippen LogP contribution in [0.1, 0.15) is 17.5 Å². The van der Waals surface area contributed by atoms with Crippen molar-refractivity contribution in [3.63, 3.8) is 0 Å². The first kappa shape index (κ1) is 19.4. The van der Waals surface area contributed by atoms with Crippen LogP contribution < -0.4 is 4.74 Å². The van der Waals surface area contributed by atoms with Gasteiger partial charge in [-0.1, -0.05) is 48.5 Å². The number of benzene rings is 2. The lowest BCUT2D eigenvalue weighted by molar-refractivity contribution is -0.133. The van der Waals surface area contributed by atoms with Gasteiger partial charge >= 0.3 is 0 Å². The third-order valence-corrected chi connectivity index (χ3v) is 5.14. The predicted octanol–water partition coefficient (Wildman–Crippen LogP) is 2.33. The fraction of sp³-hybridized carbons (Fsp3) is 0.409. The molecule has 5 nitrogen and oxygen atoms in total. The van der Waals surface area contributed by atoms with Gasteiger partial charge in [0, 0.05) is 37.8 Å². The number of aliphatic hydroxyl groups is 1. The van der Waals surface area contributed by atoms with Crippen molar-refractivity contribution in [2.24, 2.45) is 0 Å². The van der Waals surface area contributed by atoms with Crippen LogP contribution in [0.15, 0.2) is 54.6 Å². The molecule has 27 heavy (non-hydrogen) atoms. The topological polar surface area (TPSA) is 53.0 Å². The molecule has 1 fully saturated rings. The first-order chi connectivity index (χ1) is 13.2. The van der Waals surface area contributed by atoms with E-state index in [0.29, 0.717) is 26.0 Å². The molecular formula is C22H28N2O3. The molecule has 1 amide bonds. The van der Waals surface area contributed by atoms with Crippen LogP contribution >= 0.6 is 0 Å². The number of nitrogens with zero attached hydrogens (tertiary/aromatic N) is 2. The highest BCUT2D eigenvalue weighted by atomic mass is 16.5. The number of carbonyl (C=O) groups excluding carboxylic acids is 1. The minimum absolute atomic E-state index is 0.113. The van der Waals surface area contributed by atoms with E-state index in [-0.39, 0.29) is 18.6 Å². The zero-order valence-electron chi connectivity index (χ0n) is 15.9. The van der Waals surface area contributed by atoms with Crippen molar-refractivity contribution in [3.8, 4) is 5.75 Å². The summed E-state index contributed by atoms with van der Waals surface area (Å²) in [5.41, 5.74) is 2.01. The second kappa shape index (κ2) is 9.53. The normalized spacial score (nSPS) is 17.7. The molecule has 2 aromatic carbocycles. The molecule has 0 aromatic heterocycles. The number of amides is 1. The minimum atomic E-state index is 0.113. The third-order valence-electron chi connectivity index (χ3n) is 5.14. The van der Waals surface area contributed by atoms with Gasteiger partial charge in [0.25, 0.3) is 0 Å². The second-order valence-electron chi connectivity index (χ2n) is 7.05. The highest BCUT2D eigenvalue weighted by molar-refractivity contribution is 5.79. The van der Waals surface area contributed by atoms with Gasteiger partial charge in [-0.15, -0.1) is 0 Å². The zero-order chi connectivity index (χ0) is 19.1. The van der Waals surface area contributed by atoms with E-state index >= 15 is 0 Å². The van der Waals surface area contributed by atoms with Crippen LogP contribution in [-0.4, -0.2) is 60.1 Å². The molecule has 1 atom stereocenters. The van der Waals surface area contributed by atoms with Gasteiger partial charge in [0.2, 0.25) is 5.91 Å². The highest BCUT2D eigenvalue weighted by Crippen LogP contribution is 2.21. The summed E-state index contributed by atoms with van der Waals surface area (Å²) in [4.78, 5) is 17.0. The van der Waals surface area contributed by atoms with Crippen molar-refractivity contribution in [2.45, 2.75) is 25.5 Å². The van der Waals surface area contributed by atoms with Crippen LogP contribution in [0, 0.1) is 0 Å². The van der Waals surface area contributed by atoms with Crippen LogP contribution in [0.4, 0.5) is 0 Å². The summed E-state index contributed by atoms with van der Waals surface area (Å²) in [6, 6.07) is 18.0. The van der Waals surface area contributed by atoms with Gasteiger partial charge in [-0.2, -0.15) is 0 Å². The smallest absolute Gasteiger partial charge is 0.227 e. The molecule has 3 rings (SSSR count). The Morgan fingerprint density at radius 1 is 1.11 bits per heavy atom. The number of carbonyl (C=O) groups is 1. The third kappa shape index (κ3) is 5.31. The van der Waals surface area contributed by atoms with Crippen LogP contribution in [0.3, 0.4) is 0 Å². The molecule has 1 N–H and O–H groups in total. The van der Waals surface area contributed by atoms with Gasteiger partial charge in [-0.25, -0.2) is 0 Å². The van der Waals surface area contributed by atoms with Gasteiger partial charge in [0.05, 0.1) is 6.42 Å². The Bertz CT molecular complexity index is 735. The summed E-state index contributed by atoms with van der Waals surface area (Å²) >= 11 is 0. The monoisotopic (exact) mass is 368 g/mol. The molecular weight excluding hydrogens is 340 g/mol. The Hall–Kier alpha value is -2.37. The summed E-state index contributed by atoms with van der Waals surface area (Å²) in [7, 11) is 2.05. The van der Waals surface area contributed by atoms with Crippen molar-refractivity contribution in [1.29, 1.82) is 0 Å². The lowest BCUT2D eigenvalue weighted by Gasteiger charge is -2.39. The second-order valence-corrected chi connectivity index (χ2v) is 7.05. The Labute approximate surface area is 161 Å². The Kier molecular flexibility index (Phi) is 6.85. The molecule has 1 heterocycles. The molecule has 0 spiro atoms. The lowest BCUT2D eigenvalue weighted by Crippen LogP contribution is -2.53. The Morgan fingerprint density at radius 3 is 2.63 bits per heavy atom. The quantitative estimate of drug-likeness (QED) is 0.815. The molecule has 0 saturated carbocycles. The first-order valence-corrected chi connectivity index (χ1v) is 9.51. The summed E-state index contributed by atoms with van der Waals surface area (Å²) in [5.74, 6) is 0.873. The fourth-order valence-corrected chi connectivity index (χ4v) is 3.43. The van der Waals surface area contributed by atoms with Crippen molar-refractivity contribution < 1.29 is 14.6 Å². The highest BCUT2D eigenvalue weighted by Gasteiger charge is 2.27. The Morgan fingerprint density at radius 2 is 1.85 bits per heavy atom. The SMILES string of the molecule is CN1CCN(C(=O)Cc2ccccc2OCc2ccccc2)C[C@H]1CCO. The van der Waals surface area contributed by atoms with Crippen molar-refractivity contribution in [1.82, 2.24) is 9.80 Å². The van der Waals surface area contributed by atoms with Gasteiger partial charge in [-0.05, 0) is 25.1 Å². The molecule has 2 aromatic rings. The van der Waals surface area contributed by atoms with Crippen LogP contribution in [-0.2, 0) is 17.8 Å². The summed E-state index contributed by atoms with van der Waals surface area (Å²) in [6.45, 7) is 2.86. The number of hydrogen-bond acceptors (Lipinski definition) is 4. The van der Waals surface area contributed by atoms with E-state index in [9.17, 15) is 9.90 Å². The largest absolute Gasteiger partial charge is 0.489 e. The first-order valence-electron chi connectivity index (χ1n) is 9.51. The molecule has 1 aliphatic rings. The standard InChI is InChI=1S/C22H28N2O3/c1-23-12-13-24(16-20(23)11-14-25)22(26)15-19-9-5-6-10-21(19)27-17-18-7-3-2-4-8-18/h2-10,20,25H,11-17H2,1H3/t20-/m1/s1. The fourth-order valence-electron chi connectivity index (χ4n) is 3.43. The molecule has 1 aliphatic heterocycles. The Balaban J connectivity index is 1.62. The van der Waals surface area contributed by atoms with E-state index in [2.05, 4.69) is 11.9 Å². The maximum atomic E-state index is 12.8. The molecule has 5 heteroatoms. The van der Waals surface area contributed by atoms with E-state index in [4.69, 9.17) is 4.74 Å². The van der Waals surface area contributed by atoms with Crippen molar-refractivity contribution in [2.75, 3.05) is 33.3 Å². The van der Waals surface area contributed by atoms with Crippen LogP contribution in [0.5, 0.6) is 5.75 Å². The van der Waals surface area contributed by atoms with Crippen molar-refractivity contribution in [3.05, 3.63) is 65.7 Å². The van der Waals surface area contributed by atoms with E-state index < -0.39 is 0 Å². The summed E-state index contributed by atoms with van der Waals surface area (Å²) < 4.78 is 5.98. The van der Waals surface area contributed by atoms with E-state index in [1.165, 1.54) is 0 Å². The van der Waals surface area contributed by atoms with Gasteiger partial charge < -0.3 is 14.7 Å². The number of para-hydroxylation sites is 1. The predicted molar refractivity (Wildman–Crippen MR) is 106 cm³/mol. The molecule has 0 unspecified atom stereocenters. The summed E-state index contributed by atoms with van der Waals surface area (Å²) in [5, 5.41) is 9.24. The van der Waals surface area contributed by atoms with Gasteiger partial charge in [0.1, 0.15) is 12.4 Å². The average molecular weight is 368 g/mol. The molecule has 144 valence electrons. The maximum Gasteiger partial charge on any atom is 0.227 e. The number of likely N-dealkylation sites (N-methyl/N-ethyl adjacent to an activating group) is 1. The number of hydrogen-bond donors (Lipinski definition) is 1. The van der Waals surface area contributed by atoms with E-state index in [0.717, 1.165) is 30.0 Å². The van der Waals surface area contributed by atoms with Gasteiger partial charge in [-0.3, -0.25) is 9.69 Å². The lowest BCUT2D eigenvalue weighted by atomic mass is 10.1. The molecule has 1 saturated heterocycles.